The SMILES string of the molecule is CC[C@H](C(=O)NC)N(CCc1ccccc1)C(=O)CN(c1cccc(Cl)c1Cl)S(C)(=O)=O. The van der Waals surface area contributed by atoms with Gasteiger partial charge in [0.2, 0.25) is 21.8 Å². The summed E-state index contributed by atoms with van der Waals surface area (Å²) >= 11 is 12.3. The van der Waals surface area contributed by atoms with Crippen LogP contribution >= 0.6 is 23.2 Å². The fourth-order valence-corrected chi connectivity index (χ4v) is 4.64. The summed E-state index contributed by atoms with van der Waals surface area (Å²) in [4.78, 5) is 27.3. The molecule has 2 amide bonds. The fourth-order valence-electron chi connectivity index (χ4n) is 3.34. The summed E-state index contributed by atoms with van der Waals surface area (Å²) in [6, 6.07) is 13.4. The Morgan fingerprint density at radius 1 is 1.06 bits per heavy atom. The molecule has 0 radical (unpaired) electrons. The highest BCUT2D eigenvalue weighted by atomic mass is 35.5. The van der Waals surface area contributed by atoms with E-state index >= 15 is 0 Å². The number of amides is 2. The predicted octanol–water partition coefficient (Wildman–Crippen LogP) is 3.36. The molecule has 0 fully saturated rings. The third-order valence-electron chi connectivity index (χ3n) is 5.00. The van der Waals surface area contributed by atoms with E-state index in [4.69, 9.17) is 23.2 Å². The van der Waals surface area contributed by atoms with Crippen molar-refractivity contribution in [3.63, 3.8) is 0 Å². The minimum atomic E-state index is -3.87. The Bertz CT molecular complexity index is 1050. The molecular formula is C22H27Cl2N3O4S. The number of likely N-dealkylation sites (N-methyl/N-ethyl adjacent to an activating group) is 1. The van der Waals surface area contributed by atoms with Gasteiger partial charge in [0.1, 0.15) is 12.6 Å². The molecule has 0 unspecified atom stereocenters. The molecule has 10 heteroatoms. The predicted molar refractivity (Wildman–Crippen MR) is 129 cm³/mol. The van der Waals surface area contributed by atoms with E-state index in [2.05, 4.69) is 5.32 Å². The molecule has 0 bridgehead atoms. The monoisotopic (exact) mass is 499 g/mol. The molecule has 1 N–H and O–H groups in total. The zero-order valence-electron chi connectivity index (χ0n) is 18.2. The standard InChI is InChI=1S/C22H27Cl2N3O4S/c1-4-18(22(29)25-2)26(14-13-16-9-6-5-7-10-16)20(28)15-27(32(3,30)31)19-12-8-11-17(23)21(19)24/h5-12,18H,4,13-15H2,1-3H3,(H,25,29)/t18-/m1/s1. The molecule has 0 saturated heterocycles. The number of rotatable bonds is 10. The quantitative estimate of drug-likeness (QED) is 0.542. The van der Waals surface area contributed by atoms with Crippen molar-refractivity contribution in [2.24, 2.45) is 0 Å². The summed E-state index contributed by atoms with van der Waals surface area (Å²) in [6.07, 6.45) is 1.87. The molecule has 0 aliphatic rings. The molecule has 0 aliphatic carbocycles. The molecule has 2 aromatic carbocycles. The molecule has 0 aromatic heterocycles. The molecule has 0 spiro atoms. The number of anilines is 1. The largest absolute Gasteiger partial charge is 0.357 e. The van der Waals surface area contributed by atoms with Gasteiger partial charge in [-0.15, -0.1) is 0 Å². The summed E-state index contributed by atoms with van der Waals surface area (Å²) in [5, 5.41) is 2.78. The summed E-state index contributed by atoms with van der Waals surface area (Å²) < 4.78 is 26.0. The van der Waals surface area contributed by atoms with Crippen LogP contribution in [-0.2, 0) is 26.0 Å². The first-order valence-electron chi connectivity index (χ1n) is 10.1. The van der Waals surface area contributed by atoms with Crippen LogP contribution in [0.2, 0.25) is 10.0 Å². The Kier molecular flexibility index (Phi) is 9.36. The van der Waals surface area contributed by atoms with Crippen LogP contribution in [0.5, 0.6) is 0 Å². The Hall–Kier alpha value is -2.29. The number of carbonyl (C=O) groups excluding carboxylic acids is 2. The molecule has 0 aliphatic heterocycles. The molecule has 7 nitrogen and oxygen atoms in total. The second-order valence-electron chi connectivity index (χ2n) is 7.20. The van der Waals surface area contributed by atoms with Crippen molar-refractivity contribution in [3.8, 4) is 0 Å². The van der Waals surface area contributed by atoms with E-state index in [1.807, 2.05) is 30.3 Å². The van der Waals surface area contributed by atoms with Gasteiger partial charge in [0, 0.05) is 13.6 Å². The molecule has 2 aromatic rings. The van der Waals surface area contributed by atoms with E-state index in [1.54, 1.807) is 13.0 Å². The van der Waals surface area contributed by atoms with E-state index in [9.17, 15) is 18.0 Å². The van der Waals surface area contributed by atoms with Gasteiger partial charge in [0.05, 0.1) is 22.0 Å². The summed E-state index contributed by atoms with van der Waals surface area (Å²) in [6.45, 7) is 1.53. The highest BCUT2D eigenvalue weighted by Crippen LogP contribution is 2.33. The van der Waals surface area contributed by atoms with Gasteiger partial charge < -0.3 is 10.2 Å². The number of benzene rings is 2. The van der Waals surface area contributed by atoms with E-state index in [0.29, 0.717) is 12.8 Å². The Balaban J connectivity index is 2.38. The average molecular weight is 500 g/mol. The number of halogens is 2. The minimum Gasteiger partial charge on any atom is -0.357 e. The van der Waals surface area contributed by atoms with Crippen LogP contribution < -0.4 is 9.62 Å². The van der Waals surface area contributed by atoms with Crippen molar-refractivity contribution in [2.75, 3.05) is 30.7 Å². The van der Waals surface area contributed by atoms with Crippen molar-refractivity contribution < 1.29 is 18.0 Å². The maximum Gasteiger partial charge on any atom is 0.244 e. The molecule has 174 valence electrons. The van der Waals surface area contributed by atoms with Gasteiger partial charge >= 0.3 is 0 Å². The first-order chi connectivity index (χ1) is 15.1. The van der Waals surface area contributed by atoms with Crippen LogP contribution in [0.3, 0.4) is 0 Å². The van der Waals surface area contributed by atoms with Crippen molar-refractivity contribution in [1.82, 2.24) is 10.2 Å². The summed E-state index contributed by atoms with van der Waals surface area (Å²) in [5.41, 5.74) is 1.10. The van der Waals surface area contributed by atoms with E-state index in [0.717, 1.165) is 16.1 Å². The van der Waals surface area contributed by atoms with Crippen LogP contribution in [0.4, 0.5) is 5.69 Å². The lowest BCUT2D eigenvalue weighted by molar-refractivity contribution is -0.139. The van der Waals surface area contributed by atoms with Crippen LogP contribution in [0, 0.1) is 0 Å². The van der Waals surface area contributed by atoms with Crippen LogP contribution in [-0.4, -0.2) is 57.6 Å². The third-order valence-corrected chi connectivity index (χ3v) is 6.93. The maximum absolute atomic E-state index is 13.4. The number of sulfonamides is 1. The lowest BCUT2D eigenvalue weighted by Crippen LogP contribution is -2.52. The number of hydrogen-bond donors (Lipinski definition) is 1. The molecule has 0 heterocycles. The van der Waals surface area contributed by atoms with Crippen molar-refractivity contribution >= 4 is 50.7 Å². The number of nitrogens with zero attached hydrogens (tertiary/aromatic N) is 2. The molecule has 2 rings (SSSR count). The summed E-state index contributed by atoms with van der Waals surface area (Å²) in [7, 11) is -2.37. The van der Waals surface area contributed by atoms with Gasteiger partial charge in [-0.2, -0.15) is 0 Å². The van der Waals surface area contributed by atoms with Gasteiger partial charge in [-0.25, -0.2) is 8.42 Å². The van der Waals surface area contributed by atoms with Crippen molar-refractivity contribution in [3.05, 3.63) is 64.1 Å². The Morgan fingerprint density at radius 2 is 1.72 bits per heavy atom. The Morgan fingerprint density at radius 3 is 2.28 bits per heavy atom. The fraction of sp³-hybridized carbons (Fsp3) is 0.364. The average Bonchev–Trinajstić information content (AvgIpc) is 2.76. The van der Waals surface area contributed by atoms with Gasteiger partial charge in [-0.05, 0) is 30.5 Å². The first-order valence-corrected chi connectivity index (χ1v) is 12.7. The number of nitrogens with one attached hydrogen (secondary N) is 1. The van der Waals surface area contributed by atoms with Crippen LogP contribution in [0.25, 0.3) is 0 Å². The molecule has 0 saturated carbocycles. The van der Waals surface area contributed by atoms with Crippen LogP contribution in [0.15, 0.2) is 48.5 Å². The highest BCUT2D eigenvalue weighted by molar-refractivity contribution is 7.92. The van der Waals surface area contributed by atoms with Gasteiger partial charge in [0.25, 0.3) is 0 Å². The minimum absolute atomic E-state index is 0.0292. The third kappa shape index (κ3) is 6.60. The van der Waals surface area contributed by atoms with E-state index in [1.165, 1.54) is 24.1 Å². The van der Waals surface area contributed by atoms with Gasteiger partial charge in [0.15, 0.2) is 0 Å². The lowest BCUT2D eigenvalue weighted by Gasteiger charge is -2.32. The maximum atomic E-state index is 13.4. The normalized spacial score (nSPS) is 12.2. The van der Waals surface area contributed by atoms with E-state index < -0.39 is 28.5 Å². The van der Waals surface area contributed by atoms with Crippen molar-refractivity contribution in [2.45, 2.75) is 25.8 Å². The topological polar surface area (TPSA) is 86.8 Å². The zero-order chi connectivity index (χ0) is 23.9. The molecular weight excluding hydrogens is 473 g/mol. The second kappa shape index (κ2) is 11.5. The Labute approximate surface area is 199 Å². The highest BCUT2D eigenvalue weighted by Gasteiger charge is 2.31. The van der Waals surface area contributed by atoms with Gasteiger partial charge in [-0.3, -0.25) is 13.9 Å². The second-order valence-corrected chi connectivity index (χ2v) is 9.90. The summed E-state index contributed by atoms with van der Waals surface area (Å²) in [5.74, 6) is -0.835. The number of hydrogen-bond acceptors (Lipinski definition) is 4. The molecule has 32 heavy (non-hydrogen) atoms. The van der Waals surface area contributed by atoms with E-state index in [-0.39, 0.29) is 28.2 Å². The zero-order valence-corrected chi connectivity index (χ0v) is 20.5. The molecule has 1 atom stereocenters. The first kappa shape index (κ1) is 26.0. The smallest absolute Gasteiger partial charge is 0.244 e. The van der Waals surface area contributed by atoms with Gasteiger partial charge in [-0.1, -0.05) is 66.5 Å². The van der Waals surface area contributed by atoms with Crippen LogP contribution in [0.1, 0.15) is 18.9 Å². The van der Waals surface area contributed by atoms with Crippen molar-refractivity contribution in [1.29, 1.82) is 0 Å². The lowest BCUT2D eigenvalue weighted by atomic mass is 10.1. The number of carbonyl (C=O) groups is 2.